The molecule has 158 valence electrons. The Bertz CT molecular complexity index is 822. The highest BCUT2D eigenvalue weighted by atomic mass is 16.5. The number of carbonyl (C=O) groups is 1. The number of Topliss-reactive ketones (excluding diaryl/α,β-unsaturated/α-hetero) is 1. The van der Waals surface area contributed by atoms with Crippen LogP contribution in [0.25, 0.3) is 0 Å². The van der Waals surface area contributed by atoms with Crippen LogP contribution < -0.4 is 21.1 Å². The molecule has 2 aromatic carbocycles. The highest BCUT2D eigenvalue weighted by Gasteiger charge is 2.31. The monoisotopic (exact) mass is 397 g/mol. The quantitative estimate of drug-likeness (QED) is 0.498. The molecule has 0 heterocycles. The first-order valence-corrected chi connectivity index (χ1v) is 10.3. The summed E-state index contributed by atoms with van der Waals surface area (Å²) in [5.41, 5.74) is 9.37. The molecule has 5 nitrogen and oxygen atoms in total. The molecule has 0 radical (unpaired) electrons. The molecule has 0 amide bonds. The van der Waals surface area contributed by atoms with Gasteiger partial charge >= 0.3 is 0 Å². The lowest BCUT2D eigenvalue weighted by Crippen LogP contribution is -2.43. The largest absolute Gasteiger partial charge is 0.495 e. The summed E-state index contributed by atoms with van der Waals surface area (Å²) in [7, 11) is 3.60. The second kappa shape index (κ2) is 10.4. The van der Waals surface area contributed by atoms with Crippen molar-refractivity contribution in [1.29, 1.82) is 0 Å². The number of hydrogen-bond acceptors (Lipinski definition) is 5. The highest BCUT2D eigenvalue weighted by molar-refractivity contribution is 5.97. The van der Waals surface area contributed by atoms with Crippen LogP contribution in [0.4, 0.5) is 5.69 Å². The molecule has 0 saturated heterocycles. The molecule has 2 aromatic rings. The molecule has 0 spiro atoms. The predicted octanol–water partition coefficient (Wildman–Crippen LogP) is 4.11. The van der Waals surface area contributed by atoms with Crippen LogP contribution in [0.2, 0.25) is 0 Å². The smallest absolute Gasteiger partial charge is 0.163 e. The first-order chi connectivity index (χ1) is 13.8. The van der Waals surface area contributed by atoms with Gasteiger partial charge in [-0.3, -0.25) is 4.79 Å². The minimum atomic E-state index is -0.194. The minimum Gasteiger partial charge on any atom is -0.495 e. The van der Waals surface area contributed by atoms with Gasteiger partial charge in [0, 0.05) is 30.6 Å². The molecule has 0 bridgehead atoms. The maximum absolute atomic E-state index is 12.8. The number of aryl methyl sites for hydroxylation is 1. The van der Waals surface area contributed by atoms with E-state index in [0.717, 1.165) is 12.1 Å². The zero-order valence-corrected chi connectivity index (χ0v) is 18.3. The van der Waals surface area contributed by atoms with Crippen LogP contribution in [0.1, 0.15) is 48.2 Å². The molecular weight excluding hydrogens is 362 g/mol. The standard InChI is InChI=1S/C24H35N3O2/c1-17-7-6-8-20(15-17)24(3,26-4)18(2)9-12-22(28)19-10-11-21(27-14-13-25)23(16-19)29-5/h6-8,10-11,15-16,18,26-27H,9,12-14,25H2,1-5H3/t18?,24-/m0/s1. The van der Waals surface area contributed by atoms with E-state index in [2.05, 4.69) is 55.7 Å². The Morgan fingerprint density at radius 3 is 2.62 bits per heavy atom. The van der Waals surface area contributed by atoms with Crippen LogP contribution >= 0.6 is 0 Å². The average Bonchev–Trinajstić information content (AvgIpc) is 2.74. The van der Waals surface area contributed by atoms with Crippen molar-refractivity contribution in [3.8, 4) is 5.75 Å². The molecule has 0 aliphatic rings. The van der Waals surface area contributed by atoms with Gasteiger partial charge in [0.25, 0.3) is 0 Å². The number of ether oxygens (including phenoxy) is 1. The van der Waals surface area contributed by atoms with Crippen LogP contribution in [-0.4, -0.2) is 33.0 Å². The van der Waals surface area contributed by atoms with Crippen molar-refractivity contribution < 1.29 is 9.53 Å². The van der Waals surface area contributed by atoms with E-state index < -0.39 is 0 Å². The highest BCUT2D eigenvalue weighted by Crippen LogP contribution is 2.33. The van der Waals surface area contributed by atoms with Gasteiger partial charge in [0.15, 0.2) is 5.78 Å². The molecular formula is C24H35N3O2. The number of nitrogens with one attached hydrogen (secondary N) is 2. The number of hydrogen-bond donors (Lipinski definition) is 3. The van der Waals surface area contributed by atoms with E-state index in [1.165, 1.54) is 11.1 Å². The van der Waals surface area contributed by atoms with Gasteiger partial charge < -0.3 is 21.1 Å². The molecule has 0 aromatic heterocycles. The van der Waals surface area contributed by atoms with Crippen molar-refractivity contribution in [2.24, 2.45) is 11.7 Å². The Morgan fingerprint density at radius 1 is 1.24 bits per heavy atom. The molecule has 2 rings (SSSR count). The molecule has 0 aliphatic carbocycles. The van der Waals surface area contributed by atoms with Gasteiger partial charge in [-0.1, -0.05) is 36.8 Å². The summed E-state index contributed by atoms with van der Waals surface area (Å²) in [6.45, 7) is 7.70. The van der Waals surface area contributed by atoms with Gasteiger partial charge in [-0.15, -0.1) is 0 Å². The molecule has 29 heavy (non-hydrogen) atoms. The van der Waals surface area contributed by atoms with Gasteiger partial charge in [-0.25, -0.2) is 0 Å². The Morgan fingerprint density at radius 2 is 2.00 bits per heavy atom. The zero-order valence-electron chi connectivity index (χ0n) is 18.3. The third-order valence-electron chi connectivity index (χ3n) is 5.91. The number of anilines is 1. The number of ketones is 1. The fourth-order valence-electron chi connectivity index (χ4n) is 3.64. The Kier molecular flexibility index (Phi) is 8.23. The maximum Gasteiger partial charge on any atom is 0.163 e. The first-order valence-electron chi connectivity index (χ1n) is 10.3. The second-order valence-corrected chi connectivity index (χ2v) is 7.82. The summed E-state index contributed by atoms with van der Waals surface area (Å²) in [6.07, 6.45) is 1.28. The summed E-state index contributed by atoms with van der Waals surface area (Å²) < 4.78 is 5.43. The fourth-order valence-corrected chi connectivity index (χ4v) is 3.64. The molecule has 0 aliphatic heterocycles. The van der Waals surface area contributed by atoms with Crippen LogP contribution in [0.15, 0.2) is 42.5 Å². The maximum atomic E-state index is 12.8. The second-order valence-electron chi connectivity index (χ2n) is 7.82. The van der Waals surface area contributed by atoms with Crippen molar-refractivity contribution in [3.63, 3.8) is 0 Å². The summed E-state index contributed by atoms with van der Waals surface area (Å²) in [5.74, 6) is 1.08. The van der Waals surface area contributed by atoms with E-state index in [0.29, 0.717) is 30.8 Å². The number of carbonyl (C=O) groups excluding carboxylic acids is 1. The Labute approximate surface area is 175 Å². The van der Waals surface area contributed by atoms with E-state index in [1.54, 1.807) is 7.11 Å². The number of rotatable bonds is 11. The van der Waals surface area contributed by atoms with E-state index in [1.807, 2.05) is 25.2 Å². The van der Waals surface area contributed by atoms with Crippen molar-refractivity contribution in [3.05, 3.63) is 59.2 Å². The van der Waals surface area contributed by atoms with Crippen molar-refractivity contribution in [1.82, 2.24) is 5.32 Å². The first kappa shape index (κ1) is 22.9. The van der Waals surface area contributed by atoms with Crippen LogP contribution in [0.5, 0.6) is 5.75 Å². The number of nitrogens with two attached hydrogens (primary N) is 1. The molecule has 0 saturated carbocycles. The van der Waals surface area contributed by atoms with Crippen LogP contribution in [-0.2, 0) is 5.54 Å². The molecule has 4 N–H and O–H groups in total. The van der Waals surface area contributed by atoms with Crippen LogP contribution in [0, 0.1) is 12.8 Å². The van der Waals surface area contributed by atoms with Gasteiger partial charge in [-0.2, -0.15) is 0 Å². The van der Waals surface area contributed by atoms with E-state index in [-0.39, 0.29) is 17.2 Å². The van der Waals surface area contributed by atoms with Crippen molar-refractivity contribution in [2.75, 3.05) is 32.6 Å². The zero-order chi connectivity index (χ0) is 21.4. The van der Waals surface area contributed by atoms with Crippen molar-refractivity contribution >= 4 is 11.5 Å². The summed E-state index contributed by atoms with van der Waals surface area (Å²) in [4.78, 5) is 12.8. The fraction of sp³-hybridized carbons (Fsp3) is 0.458. The van der Waals surface area contributed by atoms with Crippen molar-refractivity contribution in [2.45, 2.75) is 39.2 Å². The number of methoxy groups -OCH3 is 1. The minimum absolute atomic E-state index is 0.128. The molecule has 1 unspecified atom stereocenters. The van der Waals surface area contributed by atoms with Gasteiger partial charge in [0.1, 0.15) is 5.75 Å². The summed E-state index contributed by atoms with van der Waals surface area (Å²) in [5, 5.41) is 6.69. The lowest BCUT2D eigenvalue weighted by atomic mass is 9.77. The lowest BCUT2D eigenvalue weighted by molar-refractivity contribution is 0.0964. The lowest BCUT2D eigenvalue weighted by Gasteiger charge is -2.36. The van der Waals surface area contributed by atoms with E-state index in [9.17, 15) is 4.79 Å². The third-order valence-corrected chi connectivity index (χ3v) is 5.91. The van der Waals surface area contributed by atoms with Gasteiger partial charge in [-0.05, 0) is 57.0 Å². The van der Waals surface area contributed by atoms with E-state index in [4.69, 9.17) is 10.5 Å². The Balaban J connectivity index is 2.09. The Hall–Kier alpha value is -2.37. The van der Waals surface area contributed by atoms with Gasteiger partial charge in [0.05, 0.1) is 12.8 Å². The third kappa shape index (κ3) is 5.58. The summed E-state index contributed by atoms with van der Waals surface area (Å²) >= 11 is 0. The average molecular weight is 398 g/mol. The molecule has 2 atom stereocenters. The van der Waals surface area contributed by atoms with Crippen LogP contribution in [0.3, 0.4) is 0 Å². The van der Waals surface area contributed by atoms with E-state index >= 15 is 0 Å². The summed E-state index contributed by atoms with van der Waals surface area (Å²) in [6, 6.07) is 14.1. The topological polar surface area (TPSA) is 76.4 Å². The predicted molar refractivity (Wildman–Crippen MR) is 121 cm³/mol. The normalized spacial score (nSPS) is 14.1. The molecule has 0 fully saturated rings. The molecule has 5 heteroatoms. The number of benzene rings is 2. The van der Waals surface area contributed by atoms with Gasteiger partial charge in [0.2, 0.25) is 0 Å². The SMILES string of the molecule is CN[C@](C)(c1cccc(C)c1)C(C)CCC(=O)c1ccc(NCCN)c(OC)c1.